The second kappa shape index (κ2) is 11.0. The minimum Gasteiger partial charge on any atom is -0.495 e. The van der Waals surface area contributed by atoms with Crippen molar-refractivity contribution in [2.45, 2.75) is 64.4 Å². The van der Waals surface area contributed by atoms with Gasteiger partial charge in [-0.25, -0.2) is 13.2 Å². The number of carbonyl (C=O) groups excluding carboxylic acids is 1. The molecule has 0 fully saturated rings. The Morgan fingerprint density at radius 1 is 1.22 bits per heavy atom. The van der Waals surface area contributed by atoms with E-state index in [0.29, 0.717) is 17.7 Å². The van der Waals surface area contributed by atoms with Crippen LogP contribution in [0.4, 0.5) is 10.5 Å². The van der Waals surface area contributed by atoms with E-state index < -0.39 is 44.7 Å². The highest BCUT2D eigenvalue weighted by Crippen LogP contribution is 2.47. The Morgan fingerprint density at radius 3 is 2.43 bits per heavy atom. The minimum atomic E-state index is -3.83. The summed E-state index contributed by atoms with van der Waals surface area (Å²) >= 11 is 5.57. The molecule has 204 valence electrons. The number of ether oxygens (including phenoxy) is 3. The van der Waals surface area contributed by atoms with Crippen LogP contribution in [0, 0.1) is 0 Å². The Balaban J connectivity index is 2.12. The third kappa shape index (κ3) is 7.00. The lowest BCUT2D eigenvalue weighted by molar-refractivity contribution is -0.0938. The third-order valence-corrected chi connectivity index (χ3v) is 7.57. The second-order valence-electron chi connectivity index (χ2n) is 10.4. The summed E-state index contributed by atoms with van der Waals surface area (Å²) in [5.41, 5.74) is -0.294. The normalized spacial score (nSPS) is 18.8. The number of amides is 1. The van der Waals surface area contributed by atoms with Crippen molar-refractivity contribution in [2.75, 3.05) is 23.6 Å². The molecule has 0 radical (unpaired) electrons. The molecule has 9 nitrogen and oxygen atoms in total. The topological polar surface area (TPSA) is 114 Å². The van der Waals surface area contributed by atoms with Crippen LogP contribution < -0.4 is 14.2 Å². The molecule has 1 heterocycles. The fourth-order valence-corrected chi connectivity index (χ4v) is 4.84. The summed E-state index contributed by atoms with van der Waals surface area (Å²) in [6, 6.07) is 11.8. The lowest BCUT2D eigenvalue weighted by atomic mass is 9.85. The number of methoxy groups -OCH3 is 1. The number of nitrogens with one attached hydrogen (secondary N) is 1. The lowest BCUT2D eigenvalue weighted by Crippen LogP contribution is -2.55. The van der Waals surface area contributed by atoms with Crippen LogP contribution in [0.2, 0.25) is 0 Å². The Hall–Kier alpha value is -2.69. The third-order valence-electron chi connectivity index (χ3n) is 5.89. The largest absolute Gasteiger partial charge is 0.495 e. The SMILES string of the molecule is COc1cc2c(cc1NS(=O)(=O)CCl)OC(C)(C)[C@H](O)[C@H]2N(CCc1ccccc1)C(=O)OC(C)(C)C. The average molecular weight is 555 g/mol. The van der Waals surface area contributed by atoms with Crippen LogP contribution in [0.25, 0.3) is 0 Å². The predicted molar refractivity (Wildman–Crippen MR) is 143 cm³/mol. The summed E-state index contributed by atoms with van der Waals surface area (Å²) in [5, 5.41) is 10.8. The highest BCUT2D eigenvalue weighted by Gasteiger charge is 2.48. The van der Waals surface area contributed by atoms with E-state index in [1.807, 2.05) is 30.3 Å². The number of sulfonamides is 1. The monoisotopic (exact) mass is 554 g/mol. The van der Waals surface area contributed by atoms with Crippen molar-refractivity contribution in [3.8, 4) is 11.5 Å². The van der Waals surface area contributed by atoms with Crippen molar-refractivity contribution < 1.29 is 32.5 Å². The molecule has 0 aliphatic carbocycles. The minimum absolute atomic E-state index is 0.126. The zero-order chi connectivity index (χ0) is 27.6. The number of fused-ring (bicyclic) bond motifs is 1. The van der Waals surface area contributed by atoms with Crippen LogP contribution >= 0.6 is 11.6 Å². The molecule has 0 unspecified atom stereocenters. The van der Waals surface area contributed by atoms with E-state index in [0.717, 1.165) is 5.56 Å². The zero-order valence-electron chi connectivity index (χ0n) is 21.9. The van der Waals surface area contributed by atoms with Crippen molar-refractivity contribution in [1.82, 2.24) is 4.90 Å². The van der Waals surface area contributed by atoms with Gasteiger partial charge in [-0.15, -0.1) is 11.6 Å². The van der Waals surface area contributed by atoms with Crippen molar-refractivity contribution in [3.05, 3.63) is 53.6 Å². The van der Waals surface area contributed by atoms with Gasteiger partial charge in [0.05, 0.1) is 18.8 Å². The lowest BCUT2D eigenvalue weighted by Gasteiger charge is -2.46. The van der Waals surface area contributed by atoms with Gasteiger partial charge in [-0.2, -0.15) is 0 Å². The molecule has 37 heavy (non-hydrogen) atoms. The van der Waals surface area contributed by atoms with Gasteiger partial charge in [0.1, 0.15) is 34.0 Å². The van der Waals surface area contributed by atoms with Gasteiger partial charge in [0.15, 0.2) is 0 Å². The number of carbonyl (C=O) groups is 1. The van der Waals surface area contributed by atoms with Crippen LogP contribution in [0.3, 0.4) is 0 Å². The van der Waals surface area contributed by atoms with Crippen molar-refractivity contribution in [1.29, 1.82) is 0 Å². The summed E-state index contributed by atoms with van der Waals surface area (Å²) < 4.78 is 44.0. The quantitative estimate of drug-likeness (QED) is 0.455. The van der Waals surface area contributed by atoms with Crippen molar-refractivity contribution in [2.24, 2.45) is 0 Å². The van der Waals surface area contributed by atoms with E-state index in [9.17, 15) is 18.3 Å². The number of hydrogen-bond acceptors (Lipinski definition) is 7. The molecule has 2 aromatic carbocycles. The van der Waals surface area contributed by atoms with E-state index in [4.69, 9.17) is 25.8 Å². The number of hydrogen-bond donors (Lipinski definition) is 2. The Labute approximate surface area is 223 Å². The number of rotatable bonds is 8. The fourth-order valence-electron chi connectivity index (χ4n) is 4.13. The van der Waals surface area contributed by atoms with Gasteiger partial charge >= 0.3 is 6.09 Å². The maximum atomic E-state index is 13.5. The number of nitrogens with zero attached hydrogens (tertiary/aromatic N) is 1. The van der Waals surface area contributed by atoms with Crippen LogP contribution in [0.15, 0.2) is 42.5 Å². The molecule has 0 bridgehead atoms. The van der Waals surface area contributed by atoms with E-state index in [1.165, 1.54) is 18.1 Å². The molecule has 0 aromatic heterocycles. The molecule has 0 saturated carbocycles. The molecule has 0 saturated heterocycles. The molecule has 2 atom stereocenters. The molecule has 11 heteroatoms. The first-order chi connectivity index (χ1) is 17.2. The molecular weight excluding hydrogens is 520 g/mol. The standard InChI is InChI=1S/C26H35ClN2O7S/c1-25(2,3)36-24(31)29(13-12-17-10-8-7-9-11-17)22-18-14-21(34-6)19(28-37(32,33)16-27)15-20(18)35-26(4,5)23(22)30/h7-11,14-15,22-23,28,30H,12-13,16H2,1-6H3/t22-,23+/m0/s1. The maximum Gasteiger partial charge on any atom is 0.410 e. The smallest absolute Gasteiger partial charge is 0.410 e. The molecule has 0 spiro atoms. The predicted octanol–water partition coefficient (Wildman–Crippen LogP) is 4.69. The molecule has 2 aromatic rings. The van der Waals surface area contributed by atoms with Crippen LogP contribution in [-0.4, -0.2) is 60.7 Å². The number of aliphatic hydroxyl groups excluding tert-OH is 1. The molecule has 2 N–H and O–H groups in total. The maximum absolute atomic E-state index is 13.5. The number of alkyl halides is 1. The molecule has 3 rings (SSSR count). The van der Waals surface area contributed by atoms with E-state index in [-0.39, 0.29) is 18.0 Å². The average Bonchev–Trinajstić information content (AvgIpc) is 2.80. The van der Waals surface area contributed by atoms with Gasteiger partial charge in [0.2, 0.25) is 10.0 Å². The van der Waals surface area contributed by atoms with Crippen LogP contribution in [0.1, 0.15) is 51.8 Å². The molecule has 1 aliphatic heterocycles. The first-order valence-electron chi connectivity index (χ1n) is 11.9. The highest BCUT2D eigenvalue weighted by atomic mass is 35.5. The fraction of sp³-hybridized carbons (Fsp3) is 0.500. The summed E-state index contributed by atoms with van der Waals surface area (Å²) in [6.07, 6.45) is -1.22. The number of halogens is 1. The van der Waals surface area contributed by atoms with E-state index in [2.05, 4.69) is 4.72 Å². The van der Waals surface area contributed by atoms with Crippen LogP contribution in [-0.2, 0) is 21.2 Å². The Kier molecular flexibility index (Phi) is 8.56. The number of anilines is 1. The summed E-state index contributed by atoms with van der Waals surface area (Å²) in [5.74, 6) is 0.474. The Bertz CT molecular complexity index is 1210. The van der Waals surface area contributed by atoms with Gasteiger partial charge in [-0.1, -0.05) is 30.3 Å². The van der Waals surface area contributed by atoms with Crippen molar-refractivity contribution >= 4 is 33.4 Å². The molecule has 1 aliphatic rings. The zero-order valence-corrected chi connectivity index (χ0v) is 23.5. The van der Waals surface area contributed by atoms with Gasteiger partial charge < -0.3 is 19.3 Å². The number of benzene rings is 2. The van der Waals surface area contributed by atoms with Gasteiger partial charge in [0, 0.05) is 18.2 Å². The number of aliphatic hydroxyl groups is 1. The molecule has 1 amide bonds. The summed E-state index contributed by atoms with van der Waals surface area (Å²) in [6.45, 7) is 8.97. The second-order valence-corrected chi connectivity index (χ2v) is 12.7. The highest BCUT2D eigenvalue weighted by molar-refractivity contribution is 7.93. The summed E-state index contributed by atoms with van der Waals surface area (Å²) in [4.78, 5) is 15.0. The van der Waals surface area contributed by atoms with Gasteiger partial charge in [-0.05, 0) is 52.7 Å². The summed E-state index contributed by atoms with van der Waals surface area (Å²) in [7, 11) is -2.44. The first-order valence-corrected chi connectivity index (χ1v) is 14.0. The van der Waals surface area contributed by atoms with Crippen LogP contribution in [0.5, 0.6) is 11.5 Å². The van der Waals surface area contributed by atoms with E-state index >= 15 is 0 Å². The van der Waals surface area contributed by atoms with Crippen molar-refractivity contribution in [3.63, 3.8) is 0 Å². The van der Waals surface area contributed by atoms with Gasteiger partial charge in [0.25, 0.3) is 0 Å². The van der Waals surface area contributed by atoms with E-state index in [1.54, 1.807) is 40.7 Å². The van der Waals surface area contributed by atoms with Gasteiger partial charge in [-0.3, -0.25) is 9.62 Å². The molecular formula is C26H35ClN2O7S. The first kappa shape index (κ1) is 28.9. The Morgan fingerprint density at radius 2 is 1.86 bits per heavy atom.